The maximum absolute atomic E-state index is 11.8. The Hall–Kier alpha value is -1.43. The van der Waals surface area contributed by atoms with Gasteiger partial charge in [-0.15, -0.1) is 23.7 Å². The number of anilines is 1. The molecule has 2 N–H and O–H groups in total. The monoisotopic (exact) mass is 353 g/mol. The minimum atomic E-state index is -0.00653. The molecule has 0 saturated carbocycles. The average molecular weight is 354 g/mol. The summed E-state index contributed by atoms with van der Waals surface area (Å²) >= 11 is 1.52. The van der Waals surface area contributed by atoms with E-state index in [2.05, 4.69) is 46.8 Å². The van der Waals surface area contributed by atoms with Gasteiger partial charge < -0.3 is 10.6 Å². The number of hydrogen-bond donors (Lipinski definition) is 2. The molecule has 4 nitrogen and oxygen atoms in total. The van der Waals surface area contributed by atoms with Gasteiger partial charge >= 0.3 is 0 Å². The Morgan fingerprint density at radius 1 is 1.26 bits per heavy atom. The minimum absolute atomic E-state index is 0. The number of carbonyl (C=O) groups is 1. The summed E-state index contributed by atoms with van der Waals surface area (Å²) in [6.45, 7) is 4.89. The number of benzene rings is 1. The molecule has 0 bridgehead atoms. The zero-order valence-electron chi connectivity index (χ0n) is 13.8. The van der Waals surface area contributed by atoms with E-state index in [-0.39, 0.29) is 18.3 Å². The van der Waals surface area contributed by atoms with Crippen molar-refractivity contribution in [1.82, 2.24) is 10.3 Å². The molecule has 0 aliphatic heterocycles. The summed E-state index contributed by atoms with van der Waals surface area (Å²) in [7, 11) is 1.83. The topological polar surface area (TPSA) is 54.0 Å². The van der Waals surface area contributed by atoms with Crippen LogP contribution >= 0.6 is 23.7 Å². The standard InChI is InChI=1S/C17H23N3OS.ClH/c1-4-5-13-6-8-14(9-7-13)16-12(2)22-17(20-16)19-15(21)10-11-18-3;/h6-9,18H,4-5,10-11H2,1-3H3,(H,19,20,21);1H. The van der Waals surface area contributed by atoms with Crippen LogP contribution in [0.2, 0.25) is 0 Å². The van der Waals surface area contributed by atoms with Crippen LogP contribution in [-0.4, -0.2) is 24.5 Å². The molecule has 0 saturated heterocycles. The van der Waals surface area contributed by atoms with Gasteiger partial charge in [-0.1, -0.05) is 37.6 Å². The van der Waals surface area contributed by atoms with Crippen LogP contribution in [0.4, 0.5) is 5.13 Å². The molecule has 2 aromatic rings. The van der Waals surface area contributed by atoms with Crippen molar-refractivity contribution < 1.29 is 4.79 Å². The van der Waals surface area contributed by atoms with Crippen LogP contribution < -0.4 is 10.6 Å². The Balaban J connectivity index is 0.00000264. The molecule has 1 aromatic heterocycles. The molecule has 0 unspecified atom stereocenters. The number of aromatic nitrogens is 1. The first-order valence-corrected chi connectivity index (χ1v) is 8.47. The lowest BCUT2D eigenvalue weighted by molar-refractivity contribution is -0.116. The number of rotatable bonds is 7. The van der Waals surface area contributed by atoms with Gasteiger partial charge in [0, 0.05) is 23.4 Å². The Bertz CT molecular complexity index is 625. The molecule has 1 aromatic carbocycles. The third kappa shape index (κ3) is 5.61. The molecule has 0 atom stereocenters. The molecule has 23 heavy (non-hydrogen) atoms. The van der Waals surface area contributed by atoms with Crippen molar-refractivity contribution in [2.75, 3.05) is 18.9 Å². The molecular weight excluding hydrogens is 330 g/mol. The van der Waals surface area contributed by atoms with Crippen molar-refractivity contribution in [1.29, 1.82) is 0 Å². The maximum atomic E-state index is 11.8. The summed E-state index contributed by atoms with van der Waals surface area (Å²) < 4.78 is 0. The van der Waals surface area contributed by atoms with E-state index in [0.29, 0.717) is 18.1 Å². The SMILES string of the molecule is CCCc1ccc(-c2nc(NC(=O)CCNC)sc2C)cc1.Cl. The van der Waals surface area contributed by atoms with Crippen molar-refractivity contribution in [3.63, 3.8) is 0 Å². The molecule has 1 heterocycles. The first kappa shape index (κ1) is 19.6. The normalized spacial score (nSPS) is 10.2. The van der Waals surface area contributed by atoms with E-state index in [0.717, 1.165) is 29.0 Å². The highest BCUT2D eigenvalue weighted by Gasteiger charge is 2.11. The van der Waals surface area contributed by atoms with Gasteiger partial charge in [0.1, 0.15) is 0 Å². The van der Waals surface area contributed by atoms with Crippen LogP contribution in [0, 0.1) is 6.92 Å². The number of hydrogen-bond acceptors (Lipinski definition) is 4. The first-order valence-electron chi connectivity index (χ1n) is 7.65. The van der Waals surface area contributed by atoms with Gasteiger partial charge in [0.05, 0.1) is 5.69 Å². The summed E-state index contributed by atoms with van der Waals surface area (Å²) in [5.41, 5.74) is 3.40. The number of amides is 1. The van der Waals surface area contributed by atoms with Crippen molar-refractivity contribution >= 4 is 34.8 Å². The molecule has 0 aliphatic rings. The zero-order chi connectivity index (χ0) is 15.9. The number of aryl methyl sites for hydroxylation is 2. The van der Waals surface area contributed by atoms with Gasteiger partial charge in [-0.25, -0.2) is 4.98 Å². The fourth-order valence-corrected chi connectivity index (χ4v) is 3.11. The Labute approximate surface area is 148 Å². The van der Waals surface area contributed by atoms with E-state index in [9.17, 15) is 4.79 Å². The fraction of sp³-hybridized carbons (Fsp3) is 0.412. The number of halogens is 1. The third-order valence-electron chi connectivity index (χ3n) is 3.41. The highest BCUT2D eigenvalue weighted by atomic mass is 35.5. The number of nitrogens with one attached hydrogen (secondary N) is 2. The summed E-state index contributed by atoms with van der Waals surface area (Å²) in [5, 5.41) is 6.50. The Morgan fingerprint density at radius 3 is 2.57 bits per heavy atom. The predicted molar refractivity (Wildman–Crippen MR) is 101 cm³/mol. The number of thiazole rings is 1. The quantitative estimate of drug-likeness (QED) is 0.789. The lowest BCUT2D eigenvalue weighted by Crippen LogP contribution is -2.18. The highest BCUT2D eigenvalue weighted by Crippen LogP contribution is 2.30. The number of nitrogens with zero attached hydrogens (tertiary/aromatic N) is 1. The summed E-state index contributed by atoms with van der Waals surface area (Å²) in [4.78, 5) is 17.4. The van der Waals surface area contributed by atoms with E-state index < -0.39 is 0 Å². The molecule has 0 aliphatic carbocycles. The molecule has 0 radical (unpaired) electrons. The van der Waals surface area contributed by atoms with Crippen LogP contribution in [0.15, 0.2) is 24.3 Å². The van der Waals surface area contributed by atoms with Gasteiger partial charge in [-0.2, -0.15) is 0 Å². The van der Waals surface area contributed by atoms with Gasteiger partial charge in [0.25, 0.3) is 0 Å². The molecule has 126 valence electrons. The third-order valence-corrected chi connectivity index (χ3v) is 4.30. The van der Waals surface area contributed by atoms with Gasteiger partial charge in [-0.3, -0.25) is 4.79 Å². The van der Waals surface area contributed by atoms with Gasteiger partial charge in [0.15, 0.2) is 5.13 Å². The van der Waals surface area contributed by atoms with Crippen molar-refractivity contribution in [2.24, 2.45) is 0 Å². The van der Waals surface area contributed by atoms with Gasteiger partial charge in [0.2, 0.25) is 5.91 Å². The van der Waals surface area contributed by atoms with Crippen LogP contribution in [0.3, 0.4) is 0 Å². The van der Waals surface area contributed by atoms with Crippen molar-refractivity contribution in [3.8, 4) is 11.3 Å². The largest absolute Gasteiger partial charge is 0.319 e. The summed E-state index contributed by atoms with van der Waals surface area (Å²) in [6.07, 6.45) is 2.71. The second-order valence-corrected chi connectivity index (χ2v) is 6.48. The molecule has 2 rings (SSSR count). The molecular formula is C17H24ClN3OS. The molecule has 0 fully saturated rings. The van der Waals surface area contributed by atoms with E-state index in [1.807, 2.05) is 14.0 Å². The van der Waals surface area contributed by atoms with E-state index >= 15 is 0 Å². The first-order chi connectivity index (χ1) is 10.6. The second kappa shape index (κ2) is 9.65. The molecule has 0 spiro atoms. The van der Waals surface area contributed by atoms with Crippen molar-refractivity contribution in [2.45, 2.75) is 33.1 Å². The zero-order valence-corrected chi connectivity index (χ0v) is 15.4. The van der Waals surface area contributed by atoms with Crippen LogP contribution in [0.25, 0.3) is 11.3 Å². The second-order valence-electron chi connectivity index (χ2n) is 5.27. The Morgan fingerprint density at radius 2 is 1.96 bits per heavy atom. The van der Waals surface area contributed by atoms with Crippen LogP contribution in [-0.2, 0) is 11.2 Å². The minimum Gasteiger partial charge on any atom is -0.319 e. The maximum Gasteiger partial charge on any atom is 0.227 e. The highest BCUT2D eigenvalue weighted by molar-refractivity contribution is 7.16. The average Bonchev–Trinajstić information content (AvgIpc) is 2.87. The molecule has 1 amide bonds. The predicted octanol–water partition coefficient (Wildman–Crippen LogP) is 4.04. The number of carbonyl (C=O) groups excluding carboxylic acids is 1. The van der Waals surface area contributed by atoms with Crippen LogP contribution in [0.5, 0.6) is 0 Å². The summed E-state index contributed by atoms with van der Waals surface area (Å²) in [6, 6.07) is 8.53. The smallest absolute Gasteiger partial charge is 0.227 e. The Kier molecular flexibility index (Phi) is 8.23. The van der Waals surface area contributed by atoms with Crippen LogP contribution in [0.1, 0.15) is 30.2 Å². The summed E-state index contributed by atoms with van der Waals surface area (Å²) in [5.74, 6) is -0.00653. The van der Waals surface area contributed by atoms with E-state index in [1.165, 1.54) is 16.9 Å². The van der Waals surface area contributed by atoms with E-state index in [4.69, 9.17) is 0 Å². The van der Waals surface area contributed by atoms with Gasteiger partial charge in [-0.05, 0) is 26.0 Å². The van der Waals surface area contributed by atoms with E-state index in [1.54, 1.807) is 0 Å². The lowest BCUT2D eigenvalue weighted by Gasteiger charge is -2.02. The molecule has 6 heteroatoms. The fourth-order valence-electron chi connectivity index (χ4n) is 2.26. The van der Waals surface area contributed by atoms with Crippen molar-refractivity contribution in [3.05, 3.63) is 34.7 Å². The lowest BCUT2D eigenvalue weighted by atomic mass is 10.1.